The summed E-state index contributed by atoms with van der Waals surface area (Å²) >= 11 is 0. The lowest BCUT2D eigenvalue weighted by Gasteiger charge is -2.28. The molecule has 2 heterocycles. The van der Waals surface area contributed by atoms with E-state index in [0.29, 0.717) is 38.3 Å². The first-order valence-corrected chi connectivity index (χ1v) is 9.77. The van der Waals surface area contributed by atoms with Crippen molar-refractivity contribution in [2.75, 3.05) is 26.6 Å². The fraction of sp³-hybridized carbons (Fsp3) is 0.600. The Kier molecular flexibility index (Phi) is 7.03. The summed E-state index contributed by atoms with van der Waals surface area (Å²) in [6, 6.07) is 5.57. The van der Waals surface area contributed by atoms with Crippen molar-refractivity contribution in [2.45, 2.75) is 52.0 Å². The molecule has 0 bridgehead atoms. The van der Waals surface area contributed by atoms with E-state index in [1.807, 2.05) is 32.0 Å². The van der Waals surface area contributed by atoms with Gasteiger partial charge >= 0.3 is 12.2 Å². The molecule has 1 fully saturated rings. The zero-order valence-electron chi connectivity index (χ0n) is 16.9. The largest absolute Gasteiger partial charge is 0.511 e. The van der Waals surface area contributed by atoms with E-state index in [4.69, 9.17) is 28.4 Å². The number of carbonyl (C=O) groups is 2. The second-order valence-electron chi connectivity index (χ2n) is 6.95. The van der Waals surface area contributed by atoms with Gasteiger partial charge in [-0.1, -0.05) is 6.07 Å². The van der Waals surface area contributed by atoms with Crippen molar-refractivity contribution in [3.63, 3.8) is 0 Å². The Morgan fingerprint density at radius 1 is 1.21 bits per heavy atom. The molecule has 1 aromatic carbocycles. The highest BCUT2D eigenvalue weighted by atomic mass is 16.8. The second kappa shape index (κ2) is 9.69. The smallest absolute Gasteiger partial charge is 0.454 e. The van der Waals surface area contributed by atoms with Crippen LogP contribution in [0, 0.1) is 0 Å². The SMILES string of the molecule is CCN(C(=O)OC(C)OC(=O)OC1CCOC1)C(C)Cc1ccc2c(c1)OCO2. The van der Waals surface area contributed by atoms with Crippen LogP contribution in [0.2, 0.25) is 0 Å². The van der Waals surface area contributed by atoms with Crippen LogP contribution in [0.1, 0.15) is 32.8 Å². The van der Waals surface area contributed by atoms with Gasteiger partial charge in [-0.3, -0.25) is 0 Å². The maximum atomic E-state index is 12.5. The maximum absolute atomic E-state index is 12.5. The molecule has 3 atom stereocenters. The molecule has 1 saturated heterocycles. The molecular weight excluding hydrogens is 382 g/mol. The van der Waals surface area contributed by atoms with Gasteiger partial charge in [-0.25, -0.2) is 9.59 Å². The van der Waals surface area contributed by atoms with E-state index in [2.05, 4.69) is 0 Å². The van der Waals surface area contributed by atoms with Crippen LogP contribution in [0.15, 0.2) is 18.2 Å². The number of hydrogen-bond acceptors (Lipinski definition) is 8. The van der Waals surface area contributed by atoms with Crippen LogP contribution in [0.3, 0.4) is 0 Å². The first kappa shape index (κ1) is 21.0. The number of ether oxygens (including phenoxy) is 6. The summed E-state index contributed by atoms with van der Waals surface area (Å²) in [5, 5.41) is 0. The number of amides is 1. The summed E-state index contributed by atoms with van der Waals surface area (Å²) in [6.07, 6.45) is -1.59. The van der Waals surface area contributed by atoms with Gasteiger partial charge in [0.05, 0.1) is 13.2 Å². The highest BCUT2D eigenvalue weighted by Gasteiger charge is 2.26. The van der Waals surface area contributed by atoms with Gasteiger partial charge in [0, 0.05) is 25.9 Å². The van der Waals surface area contributed by atoms with Crippen LogP contribution in [-0.2, 0) is 25.4 Å². The summed E-state index contributed by atoms with van der Waals surface area (Å²) in [6.45, 7) is 6.82. The third kappa shape index (κ3) is 5.66. The minimum atomic E-state index is -1.07. The predicted molar refractivity (Wildman–Crippen MR) is 101 cm³/mol. The quantitative estimate of drug-likeness (QED) is 0.501. The Labute approximate surface area is 169 Å². The van der Waals surface area contributed by atoms with E-state index in [0.717, 1.165) is 11.3 Å². The van der Waals surface area contributed by atoms with Gasteiger partial charge in [0.15, 0.2) is 11.5 Å². The van der Waals surface area contributed by atoms with Gasteiger partial charge in [-0.2, -0.15) is 0 Å². The third-order valence-corrected chi connectivity index (χ3v) is 4.76. The summed E-state index contributed by atoms with van der Waals surface area (Å²) < 4.78 is 31.2. The molecule has 3 unspecified atom stereocenters. The fourth-order valence-electron chi connectivity index (χ4n) is 3.28. The normalized spacial score (nSPS) is 19.3. The van der Waals surface area contributed by atoms with Crippen molar-refractivity contribution in [3.8, 4) is 11.5 Å². The minimum absolute atomic E-state index is 0.136. The maximum Gasteiger partial charge on any atom is 0.511 e. The van der Waals surface area contributed by atoms with Gasteiger partial charge in [0.25, 0.3) is 0 Å². The molecule has 0 aliphatic carbocycles. The number of nitrogens with zero attached hydrogens (tertiary/aromatic N) is 1. The number of hydrogen-bond donors (Lipinski definition) is 0. The lowest BCUT2D eigenvalue weighted by Crippen LogP contribution is -2.41. The fourth-order valence-corrected chi connectivity index (χ4v) is 3.28. The minimum Gasteiger partial charge on any atom is -0.454 e. The zero-order valence-corrected chi connectivity index (χ0v) is 16.9. The third-order valence-electron chi connectivity index (χ3n) is 4.76. The van der Waals surface area contributed by atoms with Crippen molar-refractivity contribution >= 4 is 12.2 Å². The van der Waals surface area contributed by atoms with E-state index in [1.165, 1.54) is 6.92 Å². The molecule has 0 N–H and O–H groups in total. The van der Waals surface area contributed by atoms with Crippen molar-refractivity contribution in [3.05, 3.63) is 23.8 Å². The van der Waals surface area contributed by atoms with Gasteiger partial charge in [-0.15, -0.1) is 0 Å². The second-order valence-corrected chi connectivity index (χ2v) is 6.95. The van der Waals surface area contributed by atoms with Crippen molar-refractivity contribution in [2.24, 2.45) is 0 Å². The van der Waals surface area contributed by atoms with Crippen LogP contribution in [0.5, 0.6) is 11.5 Å². The highest BCUT2D eigenvalue weighted by Crippen LogP contribution is 2.33. The number of likely N-dealkylation sites (N-methyl/N-ethyl adjacent to an activating group) is 1. The molecule has 0 spiro atoms. The molecule has 2 aliphatic heterocycles. The molecule has 0 saturated carbocycles. The Balaban J connectivity index is 1.48. The molecule has 3 rings (SSSR count). The molecule has 0 radical (unpaired) electrons. The van der Waals surface area contributed by atoms with Crippen LogP contribution in [-0.4, -0.2) is 62.1 Å². The van der Waals surface area contributed by atoms with Crippen molar-refractivity contribution < 1.29 is 38.0 Å². The van der Waals surface area contributed by atoms with E-state index in [1.54, 1.807) is 4.90 Å². The molecular formula is C20H27NO8. The first-order chi connectivity index (χ1) is 14.0. The monoisotopic (exact) mass is 409 g/mol. The summed E-state index contributed by atoms with van der Waals surface area (Å²) in [5.74, 6) is 1.42. The average Bonchev–Trinajstić information content (AvgIpc) is 3.33. The number of rotatable bonds is 7. The van der Waals surface area contributed by atoms with Crippen LogP contribution in [0.25, 0.3) is 0 Å². The van der Waals surface area contributed by atoms with Gasteiger partial charge in [0.2, 0.25) is 13.1 Å². The van der Waals surface area contributed by atoms with E-state index < -0.39 is 18.5 Å². The van der Waals surface area contributed by atoms with Gasteiger partial charge in [0.1, 0.15) is 6.10 Å². The standard InChI is InChI=1S/C20H27NO8/c1-4-21(13(2)9-15-5-6-17-18(10-15)26-12-25-17)19(22)27-14(3)28-20(23)29-16-7-8-24-11-16/h5-6,10,13-14,16H,4,7-9,11-12H2,1-3H3. The highest BCUT2D eigenvalue weighted by molar-refractivity contribution is 5.68. The molecule has 29 heavy (non-hydrogen) atoms. The Hall–Kier alpha value is -2.68. The lowest BCUT2D eigenvalue weighted by atomic mass is 10.1. The summed E-state index contributed by atoms with van der Waals surface area (Å²) in [4.78, 5) is 25.9. The van der Waals surface area contributed by atoms with E-state index in [9.17, 15) is 9.59 Å². The van der Waals surface area contributed by atoms with Crippen molar-refractivity contribution in [1.82, 2.24) is 4.90 Å². The molecule has 9 nitrogen and oxygen atoms in total. The average molecular weight is 409 g/mol. The molecule has 9 heteroatoms. The zero-order chi connectivity index (χ0) is 20.8. The Morgan fingerprint density at radius 2 is 2.00 bits per heavy atom. The molecule has 1 amide bonds. The van der Waals surface area contributed by atoms with Crippen LogP contribution >= 0.6 is 0 Å². The molecule has 2 aliphatic rings. The van der Waals surface area contributed by atoms with Crippen LogP contribution in [0.4, 0.5) is 9.59 Å². The molecule has 0 aromatic heterocycles. The summed E-state index contributed by atoms with van der Waals surface area (Å²) in [5.41, 5.74) is 1.01. The molecule has 1 aromatic rings. The van der Waals surface area contributed by atoms with Gasteiger partial charge < -0.3 is 33.3 Å². The lowest BCUT2D eigenvalue weighted by molar-refractivity contribution is -0.0915. The Morgan fingerprint density at radius 3 is 2.72 bits per heavy atom. The van der Waals surface area contributed by atoms with Gasteiger partial charge in [-0.05, 0) is 38.0 Å². The number of fused-ring (bicyclic) bond motifs is 1. The molecule has 160 valence electrons. The first-order valence-electron chi connectivity index (χ1n) is 9.77. The summed E-state index contributed by atoms with van der Waals surface area (Å²) in [7, 11) is 0. The van der Waals surface area contributed by atoms with Crippen LogP contribution < -0.4 is 9.47 Å². The Bertz CT molecular complexity index is 718. The van der Waals surface area contributed by atoms with E-state index in [-0.39, 0.29) is 18.9 Å². The predicted octanol–water partition coefficient (Wildman–Crippen LogP) is 3.09. The topological polar surface area (TPSA) is 92.8 Å². The number of benzene rings is 1. The number of carbonyl (C=O) groups excluding carboxylic acids is 2. The van der Waals surface area contributed by atoms with Crippen molar-refractivity contribution in [1.29, 1.82) is 0 Å². The van der Waals surface area contributed by atoms with E-state index >= 15 is 0 Å².